The Morgan fingerprint density at radius 3 is 2.41 bits per heavy atom. The van der Waals surface area contributed by atoms with Crippen LogP contribution in [0.2, 0.25) is 0 Å². The Bertz CT molecular complexity index is 614. The molecule has 0 aliphatic heterocycles. The standard InChI is InChI=1S/C17H19FN2O2/c1-2-22-15-9-7-13(8-10-15)11-19-17(21)20-12-14-5-3-4-6-16(14)18/h3-10H,2,11-12H2,1H3,(H2,19,20,21). The molecular weight excluding hydrogens is 283 g/mol. The minimum atomic E-state index is -0.336. The van der Waals surface area contributed by atoms with Crippen molar-refractivity contribution in [2.75, 3.05) is 6.61 Å². The minimum Gasteiger partial charge on any atom is -0.494 e. The maximum atomic E-state index is 13.4. The smallest absolute Gasteiger partial charge is 0.315 e. The monoisotopic (exact) mass is 302 g/mol. The first-order valence-electron chi connectivity index (χ1n) is 7.16. The molecule has 0 aliphatic rings. The lowest BCUT2D eigenvalue weighted by atomic mass is 10.2. The maximum Gasteiger partial charge on any atom is 0.315 e. The van der Waals surface area contributed by atoms with E-state index in [0.717, 1.165) is 11.3 Å². The third-order valence-corrected chi connectivity index (χ3v) is 3.08. The van der Waals surface area contributed by atoms with Crippen LogP contribution in [0.5, 0.6) is 5.75 Å². The second-order valence-corrected chi connectivity index (χ2v) is 4.70. The third kappa shape index (κ3) is 4.77. The number of hydrogen-bond donors (Lipinski definition) is 2. The summed E-state index contributed by atoms with van der Waals surface area (Å²) in [6.45, 7) is 3.10. The Morgan fingerprint density at radius 1 is 1.05 bits per heavy atom. The number of carbonyl (C=O) groups is 1. The van der Waals surface area contributed by atoms with Crippen LogP contribution in [0.3, 0.4) is 0 Å². The lowest BCUT2D eigenvalue weighted by Crippen LogP contribution is -2.34. The molecule has 116 valence electrons. The van der Waals surface area contributed by atoms with Gasteiger partial charge in [-0.2, -0.15) is 0 Å². The Morgan fingerprint density at radius 2 is 1.73 bits per heavy atom. The molecule has 0 bridgehead atoms. The van der Waals surface area contributed by atoms with Gasteiger partial charge in [-0.25, -0.2) is 9.18 Å². The predicted octanol–water partition coefficient (Wildman–Crippen LogP) is 3.22. The van der Waals surface area contributed by atoms with Crippen molar-refractivity contribution in [2.24, 2.45) is 0 Å². The lowest BCUT2D eigenvalue weighted by Gasteiger charge is -2.09. The van der Waals surface area contributed by atoms with Crippen LogP contribution in [0.1, 0.15) is 18.1 Å². The van der Waals surface area contributed by atoms with Crippen LogP contribution in [0, 0.1) is 5.82 Å². The summed E-state index contributed by atoms with van der Waals surface area (Å²) in [5.74, 6) is 0.476. The summed E-state index contributed by atoms with van der Waals surface area (Å²) >= 11 is 0. The van der Waals surface area contributed by atoms with E-state index in [4.69, 9.17) is 4.74 Å². The van der Waals surface area contributed by atoms with E-state index in [9.17, 15) is 9.18 Å². The number of urea groups is 1. The fourth-order valence-corrected chi connectivity index (χ4v) is 1.93. The van der Waals surface area contributed by atoms with Crippen molar-refractivity contribution in [3.63, 3.8) is 0 Å². The molecule has 2 aromatic carbocycles. The lowest BCUT2D eigenvalue weighted by molar-refractivity contribution is 0.240. The molecule has 0 fully saturated rings. The summed E-state index contributed by atoms with van der Waals surface area (Å²) in [5.41, 5.74) is 1.42. The third-order valence-electron chi connectivity index (χ3n) is 3.08. The molecule has 4 nitrogen and oxygen atoms in total. The van der Waals surface area contributed by atoms with Crippen molar-refractivity contribution >= 4 is 6.03 Å². The molecule has 2 aromatic rings. The Labute approximate surface area is 129 Å². The Balaban J connectivity index is 1.76. The normalized spacial score (nSPS) is 10.1. The van der Waals surface area contributed by atoms with E-state index in [1.54, 1.807) is 18.2 Å². The number of halogens is 1. The highest BCUT2D eigenvalue weighted by Crippen LogP contribution is 2.11. The highest BCUT2D eigenvalue weighted by atomic mass is 19.1. The maximum absolute atomic E-state index is 13.4. The van der Waals surface area contributed by atoms with Gasteiger partial charge in [-0.05, 0) is 30.7 Å². The quantitative estimate of drug-likeness (QED) is 0.861. The molecule has 0 saturated heterocycles. The molecule has 2 rings (SSSR count). The zero-order chi connectivity index (χ0) is 15.8. The van der Waals surface area contributed by atoms with E-state index in [-0.39, 0.29) is 18.4 Å². The van der Waals surface area contributed by atoms with Crippen LogP contribution in [0.4, 0.5) is 9.18 Å². The summed E-state index contributed by atoms with van der Waals surface area (Å²) in [6, 6.07) is 13.5. The number of benzene rings is 2. The summed E-state index contributed by atoms with van der Waals surface area (Å²) in [6.07, 6.45) is 0. The largest absolute Gasteiger partial charge is 0.494 e. The minimum absolute atomic E-state index is 0.155. The molecule has 0 spiro atoms. The molecule has 2 N–H and O–H groups in total. The average molecular weight is 302 g/mol. The average Bonchev–Trinajstić information content (AvgIpc) is 2.54. The Kier molecular flexibility index (Phi) is 5.77. The van der Waals surface area contributed by atoms with Crippen LogP contribution in [0.25, 0.3) is 0 Å². The van der Waals surface area contributed by atoms with E-state index in [0.29, 0.717) is 18.7 Å². The molecule has 0 radical (unpaired) electrons. The van der Waals surface area contributed by atoms with Crippen molar-refractivity contribution < 1.29 is 13.9 Å². The van der Waals surface area contributed by atoms with Gasteiger partial charge in [0.2, 0.25) is 0 Å². The summed E-state index contributed by atoms with van der Waals surface area (Å²) < 4.78 is 18.8. The Hall–Kier alpha value is -2.56. The predicted molar refractivity (Wildman–Crippen MR) is 83.1 cm³/mol. The molecule has 0 atom stereocenters. The van der Waals surface area contributed by atoms with Gasteiger partial charge in [0.15, 0.2) is 0 Å². The van der Waals surface area contributed by atoms with Crippen LogP contribution in [0.15, 0.2) is 48.5 Å². The van der Waals surface area contributed by atoms with E-state index in [1.165, 1.54) is 6.07 Å². The summed E-state index contributed by atoms with van der Waals surface area (Å²) in [4.78, 5) is 11.7. The molecule has 5 heteroatoms. The van der Waals surface area contributed by atoms with Crippen molar-refractivity contribution in [3.8, 4) is 5.75 Å². The van der Waals surface area contributed by atoms with Gasteiger partial charge in [-0.1, -0.05) is 30.3 Å². The fraction of sp³-hybridized carbons (Fsp3) is 0.235. The van der Waals surface area contributed by atoms with Gasteiger partial charge in [-0.15, -0.1) is 0 Å². The number of ether oxygens (including phenoxy) is 1. The molecule has 0 heterocycles. The topological polar surface area (TPSA) is 50.4 Å². The number of nitrogens with one attached hydrogen (secondary N) is 2. The molecule has 0 saturated carbocycles. The molecule has 2 amide bonds. The first kappa shape index (κ1) is 15.8. The van der Waals surface area contributed by atoms with Gasteiger partial charge in [0.1, 0.15) is 11.6 Å². The molecule has 0 unspecified atom stereocenters. The number of hydrogen-bond acceptors (Lipinski definition) is 2. The summed E-state index contributed by atoms with van der Waals surface area (Å²) in [5, 5.41) is 5.35. The number of carbonyl (C=O) groups excluding carboxylic acids is 1. The zero-order valence-electron chi connectivity index (χ0n) is 12.4. The van der Waals surface area contributed by atoms with Gasteiger partial charge >= 0.3 is 6.03 Å². The number of rotatable bonds is 6. The van der Waals surface area contributed by atoms with Gasteiger partial charge in [-0.3, -0.25) is 0 Å². The zero-order valence-corrected chi connectivity index (χ0v) is 12.4. The molecule has 0 aromatic heterocycles. The fourth-order valence-electron chi connectivity index (χ4n) is 1.93. The van der Waals surface area contributed by atoms with Crippen molar-refractivity contribution in [3.05, 3.63) is 65.5 Å². The van der Waals surface area contributed by atoms with E-state index >= 15 is 0 Å². The molecule has 0 aliphatic carbocycles. The van der Waals surface area contributed by atoms with E-state index < -0.39 is 0 Å². The van der Waals surface area contributed by atoms with Crippen LogP contribution in [-0.4, -0.2) is 12.6 Å². The van der Waals surface area contributed by atoms with E-state index in [1.807, 2.05) is 31.2 Å². The van der Waals surface area contributed by atoms with Crippen molar-refractivity contribution in [2.45, 2.75) is 20.0 Å². The SMILES string of the molecule is CCOc1ccc(CNC(=O)NCc2ccccc2F)cc1. The first-order chi connectivity index (χ1) is 10.7. The summed E-state index contributed by atoms with van der Waals surface area (Å²) in [7, 11) is 0. The van der Waals surface area contributed by atoms with Gasteiger partial charge < -0.3 is 15.4 Å². The van der Waals surface area contributed by atoms with Crippen LogP contribution < -0.4 is 15.4 Å². The first-order valence-corrected chi connectivity index (χ1v) is 7.16. The molecule has 22 heavy (non-hydrogen) atoms. The van der Waals surface area contributed by atoms with Crippen LogP contribution >= 0.6 is 0 Å². The second kappa shape index (κ2) is 8.02. The van der Waals surface area contributed by atoms with Crippen LogP contribution in [-0.2, 0) is 13.1 Å². The molecular formula is C17H19FN2O2. The van der Waals surface area contributed by atoms with Gasteiger partial charge in [0.25, 0.3) is 0 Å². The number of amides is 2. The van der Waals surface area contributed by atoms with Crippen molar-refractivity contribution in [1.29, 1.82) is 0 Å². The van der Waals surface area contributed by atoms with Gasteiger partial charge in [0, 0.05) is 18.7 Å². The van der Waals surface area contributed by atoms with Crippen molar-refractivity contribution in [1.82, 2.24) is 10.6 Å². The highest BCUT2D eigenvalue weighted by molar-refractivity contribution is 5.73. The van der Waals surface area contributed by atoms with Gasteiger partial charge in [0.05, 0.1) is 6.61 Å². The van der Waals surface area contributed by atoms with E-state index in [2.05, 4.69) is 10.6 Å². The second-order valence-electron chi connectivity index (χ2n) is 4.70. The highest BCUT2D eigenvalue weighted by Gasteiger charge is 2.04.